The SMILES string of the molecule is CN1CCC(Oc2cc3nc(-c4cc(Cl)c5ncccc5c4)c(-c4ccccc4)nc3[nH]c2=O)CC1. The Kier molecular flexibility index (Phi) is 5.87. The van der Waals surface area contributed by atoms with E-state index in [0.29, 0.717) is 27.6 Å². The molecule has 1 aliphatic rings. The molecule has 1 N–H and O–H groups in total. The summed E-state index contributed by atoms with van der Waals surface area (Å²) in [6.45, 7) is 1.89. The molecule has 7 nitrogen and oxygen atoms in total. The molecule has 3 aromatic heterocycles. The van der Waals surface area contributed by atoms with Gasteiger partial charge in [0.1, 0.15) is 11.6 Å². The molecular formula is C28H24ClN5O2. The molecule has 0 aliphatic carbocycles. The number of ether oxygens (including phenoxy) is 1. The molecule has 0 amide bonds. The zero-order chi connectivity index (χ0) is 24.6. The van der Waals surface area contributed by atoms with E-state index >= 15 is 0 Å². The largest absolute Gasteiger partial charge is 0.485 e. The van der Waals surface area contributed by atoms with Crippen LogP contribution in [0.2, 0.25) is 5.02 Å². The van der Waals surface area contributed by atoms with E-state index in [4.69, 9.17) is 26.3 Å². The van der Waals surface area contributed by atoms with Crippen molar-refractivity contribution in [3.05, 3.63) is 82.2 Å². The van der Waals surface area contributed by atoms with Crippen molar-refractivity contribution >= 4 is 33.7 Å². The van der Waals surface area contributed by atoms with Crippen molar-refractivity contribution in [1.82, 2.24) is 24.8 Å². The number of rotatable bonds is 4. The molecule has 36 heavy (non-hydrogen) atoms. The predicted octanol–water partition coefficient (Wildman–Crippen LogP) is 5.33. The first-order valence-corrected chi connectivity index (χ1v) is 12.3. The van der Waals surface area contributed by atoms with Crippen molar-refractivity contribution in [2.75, 3.05) is 20.1 Å². The molecule has 0 bridgehead atoms. The third-order valence-electron chi connectivity index (χ3n) is 6.58. The number of aromatic amines is 1. The van der Waals surface area contributed by atoms with Crippen molar-refractivity contribution in [3.63, 3.8) is 0 Å². The van der Waals surface area contributed by atoms with Crippen LogP contribution < -0.4 is 10.3 Å². The summed E-state index contributed by atoms with van der Waals surface area (Å²) in [5.41, 5.74) is 4.41. The van der Waals surface area contributed by atoms with Gasteiger partial charge < -0.3 is 14.6 Å². The smallest absolute Gasteiger partial charge is 0.292 e. The van der Waals surface area contributed by atoms with Crippen LogP contribution in [-0.2, 0) is 0 Å². The van der Waals surface area contributed by atoms with Gasteiger partial charge in [-0.15, -0.1) is 0 Å². The highest BCUT2D eigenvalue weighted by Gasteiger charge is 2.21. The molecule has 0 unspecified atom stereocenters. The molecule has 1 fully saturated rings. The number of nitrogens with zero attached hydrogens (tertiary/aromatic N) is 4. The monoisotopic (exact) mass is 497 g/mol. The van der Waals surface area contributed by atoms with Crippen LogP contribution in [0.5, 0.6) is 5.75 Å². The van der Waals surface area contributed by atoms with Gasteiger partial charge in [-0.25, -0.2) is 9.97 Å². The number of H-pyrrole nitrogens is 1. The molecule has 0 spiro atoms. The Bertz CT molecular complexity index is 1630. The Morgan fingerprint density at radius 1 is 0.972 bits per heavy atom. The molecule has 0 radical (unpaired) electrons. The fourth-order valence-corrected chi connectivity index (χ4v) is 4.93. The average molecular weight is 498 g/mol. The molecule has 5 aromatic rings. The normalized spacial score (nSPS) is 14.9. The summed E-state index contributed by atoms with van der Waals surface area (Å²) in [5, 5.41) is 1.45. The standard InChI is InChI=1S/C28H24ClN5O2/c1-34-12-9-20(10-13-34)36-23-16-22-27(33-28(23)35)32-25(17-6-3-2-4-7-17)26(31-22)19-14-18-8-5-11-30-24(18)21(29)15-19/h2-8,11,14-16,20H,9-10,12-13H2,1H3,(H,32,33,35). The van der Waals surface area contributed by atoms with E-state index in [2.05, 4.69) is 21.9 Å². The second-order valence-corrected chi connectivity index (χ2v) is 9.54. The van der Waals surface area contributed by atoms with Crippen LogP contribution in [0.25, 0.3) is 44.6 Å². The Morgan fingerprint density at radius 3 is 2.56 bits per heavy atom. The van der Waals surface area contributed by atoms with E-state index in [-0.39, 0.29) is 17.4 Å². The summed E-state index contributed by atoms with van der Waals surface area (Å²) in [4.78, 5) is 32.3. The number of hydrogen-bond acceptors (Lipinski definition) is 6. The Hall–Kier alpha value is -3.81. The van der Waals surface area contributed by atoms with Crippen molar-refractivity contribution in [2.24, 2.45) is 0 Å². The van der Waals surface area contributed by atoms with Gasteiger partial charge in [-0.2, -0.15) is 0 Å². The van der Waals surface area contributed by atoms with Gasteiger partial charge in [-0.3, -0.25) is 9.78 Å². The van der Waals surface area contributed by atoms with Crippen molar-refractivity contribution in [1.29, 1.82) is 0 Å². The number of halogens is 1. The number of benzene rings is 2. The first-order valence-electron chi connectivity index (χ1n) is 12.0. The topological polar surface area (TPSA) is 84.0 Å². The molecule has 0 saturated carbocycles. The number of pyridine rings is 2. The Labute approximate surface area is 212 Å². The molecule has 8 heteroatoms. The summed E-state index contributed by atoms with van der Waals surface area (Å²) < 4.78 is 6.11. The fraction of sp³-hybridized carbons (Fsp3) is 0.214. The van der Waals surface area contributed by atoms with Crippen LogP contribution in [0.15, 0.2) is 71.7 Å². The van der Waals surface area contributed by atoms with E-state index in [0.717, 1.165) is 48.0 Å². The Balaban J connectivity index is 1.51. The summed E-state index contributed by atoms with van der Waals surface area (Å²) in [6.07, 6.45) is 3.48. The van der Waals surface area contributed by atoms with Gasteiger partial charge in [0.25, 0.3) is 5.56 Å². The lowest BCUT2D eigenvalue weighted by atomic mass is 10.0. The third-order valence-corrected chi connectivity index (χ3v) is 6.87. The van der Waals surface area contributed by atoms with Gasteiger partial charge in [0, 0.05) is 41.9 Å². The zero-order valence-corrected chi connectivity index (χ0v) is 20.5. The lowest BCUT2D eigenvalue weighted by molar-refractivity contribution is 0.113. The summed E-state index contributed by atoms with van der Waals surface area (Å²) >= 11 is 6.61. The maximum absolute atomic E-state index is 12.9. The number of piperidine rings is 1. The van der Waals surface area contributed by atoms with Gasteiger partial charge in [0.05, 0.1) is 21.9 Å². The summed E-state index contributed by atoms with van der Waals surface area (Å²) in [6, 6.07) is 19.2. The number of nitrogens with one attached hydrogen (secondary N) is 1. The predicted molar refractivity (Wildman–Crippen MR) is 142 cm³/mol. The third kappa shape index (κ3) is 4.32. The van der Waals surface area contributed by atoms with E-state index in [9.17, 15) is 4.79 Å². The first-order chi connectivity index (χ1) is 17.5. The molecule has 0 atom stereocenters. The van der Waals surface area contributed by atoms with Gasteiger partial charge >= 0.3 is 0 Å². The van der Waals surface area contributed by atoms with Crippen LogP contribution in [0.4, 0.5) is 0 Å². The van der Waals surface area contributed by atoms with Gasteiger partial charge in [0.15, 0.2) is 11.4 Å². The van der Waals surface area contributed by atoms with Crippen LogP contribution in [-0.4, -0.2) is 51.1 Å². The highest BCUT2D eigenvalue weighted by Crippen LogP contribution is 2.35. The molecule has 180 valence electrons. The Morgan fingerprint density at radius 2 is 1.75 bits per heavy atom. The minimum Gasteiger partial charge on any atom is -0.485 e. The van der Waals surface area contributed by atoms with Crippen LogP contribution in [0.1, 0.15) is 12.8 Å². The fourth-order valence-electron chi connectivity index (χ4n) is 4.65. The molecule has 4 heterocycles. The number of likely N-dealkylation sites (tertiary alicyclic amines) is 1. The van der Waals surface area contributed by atoms with E-state index in [1.165, 1.54) is 0 Å². The highest BCUT2D eigenvalue weighted by atomic mass is 35.5. The zero-order valence-electron chi connectivity index (χ0n) is 19.7. The van der Waals surface area contributed by atoms with Crippen LogP contribution in [0.3, 0.4) is 0 Å². The van der Waals surface area contributed by atoms with E-state index in [1.54, 1.807) is 12.3 Å². The summed E-state index contributed by atoms with van der Waals surface area (Å²) in [5.74, 6) is 0.269. The number of aromatic nitrogens is 4. The number of hydrogen-bond donors (Lipinski definition) is 1. The van der Waals surface area contributed by atoms with Crippen molar-refractivity contribution in [2.45, 2.75) is 18.9 Å². The molecule has 1 saturated heterocycles. The molecule has 1 aliphatic heterocycles. The molecule has 6 rings (SSSR count). The lowest BCUT2D eigenvalue weighted by Gasteiger charge is -2.29. The minimum absolute atomic E-state index is 0.00238. The molecule has 2 aromatic carbocycles. The second-order valence-electron chi connectivity index (χ2n) is 9.14. The molecular weight excluding hydrogens is 474 g/mol. The first kappa shape index (κ1) is 22.6. The quantitative estimate of drug-likeness (QED) is 0.361. The average Bonchev–Trinajstić information content (AvgIpc) is 2.90. The maximum atomic E-state index is 12.9. The van der Waals surface area contributed by atoms with Gasteiger partial charge in [-0.1, -0.05) is 48.0 Å². The van der Waals surface area contributed by atoms with Crippen LogP contribution in [0, 0.1) is 0 Å². The van der Waals surface area contributed by atoms with E-state index in [1.807, 2.05) is 54.6 Å². The van der Waals surface area contributed by atoms with Gasteiger partial charge in [0.2, 0.25) is 0 Å². The number of fused-ring (bicyclic) bond motifs is 2. The second kappa shape index (κ2) is 9.33. The van der Waals surface area contributed by atoms with Crippen molar-refractivity contribution in [3.8, 4) is 28.3 Å². The maximum Gasteiger partial charge on any atom is 0.292 e. The minimum atomic E-state index is -0.303. The van der Waals surface area contributed by atoms with E-state index < -0.39 is 0 Å². The van der Waals surface area contributed by atoms with Crippen LogP contribution >= 0.6 is 11.6 Å². The van der Waals surface area contributed by atoms with Crippen molar-refractivity contribution < 1.29 is 4.74 Å². The lowest BCUT2D eigenvalue weighted by Crippen LogP contribution is -2.36. The van der Waals surface area contributed by atoms with Gasteiger partial charge in [-0.05, 0) is 38.1 Å². The summed E-state index contributed by atoms with van der Waals surface area (Å²) in [7, 11) is 2.09. The highest BCUT2D eigenvalue weighted by molar-refractivity contribution is 6.35.